The molecule has 25 heavy (non-hydrogen) atoms. The highest BCUT2D eigenvalue weighted by molar-refractivity contribution is 7.88. The fraction of sp³-hybridized carbons (Fsp3) is 0.368. The highest BCUT2D eigenvalue weighted by Crippen LogP contribution is 2.16. The second kappa shape index (κ2) is 8.10. The molecule has 2 aromatic carbocycles. The third-order valence-electron chi connectivity index (χ3n) is 4.50. The normalized spacial score (nSPS) is 16.8. The Bertz CT molecular complexity index is 785. The van der Waals surface area contributed by atoms with Gasteiger partial charge in [0.25, 0.3) is 0 Å². The summed E-state index contributed by atoms with van der Waals surface area (Å²) in [5.74, 6) is -0.0144. The average Bonchev–Trinajstić information content (AvgIpc) is 2.63. The van der Waals surface area contributed by atoms with Crippen LogP contribution >= 0.6 is 0 Å². The Morgan fingerprint density at radius 3 is 2.16 bits per heavy atom. The van der Waals surface area contributed by atoms with Crippen molar-refractivity contribution in [2.45, 2.75) is 18.9 Å². The molecular weight excluding hydrogens is 336 g/mol. The highest BCUT2D eigenvalue weighted by atomic mass is 32.2. The third-order valence-corrected chi connectivity index (χ3v) is 6.35. The van der Waals surface area contributed by atoms with Crippen LogP contribution in [0.4, 0.5) is 0 Å². The molecule has 0 saturated carbocycles. The van der Waals surface area contributed by atoms with Crippen molar-refractivity contribution in [1.82, 2.24) is 9.21 Å². The van der Waals surface area contributed by atoms with Gasteiger partial charge in [-0.15, -0.1) is 0 Å². The Hall–Kier alpha value is -1.73. The molecule has 0 amide bonds. The first kappa shape index (κ1) is 18.1. The first-order valence-electron chi connectivity index (χ1n) is 8.49. The van der Waals surface area contributed by atoms with E-state index in [1.165, 1.54) is 5.56 Å². The van der Waals surface area contributed by atoms with Crippen molar-refractivity contribution >= 4 is 10.0 Å². The van der Waals surface area contributed by atoms with Gasteiger partial charge in [0.1, 0.15) is 0 Å². The van der Waals surface area contributed by atoms with Gasteiger partial charge in [-0.1, -0.05) is 54.6 Å². The van der Waals surface area contributed by atoms with E-state index in [9.17, 15) is 13.5 Å². The number of piperazine rings is 1. The number of hydrogen-bond acceptors (Lipinski definition) is 4. The number of benzene rings is 2. The number of aliphatic hydroxyl groups excluding tert-OH is 1. The Labute approximate surface area is 149 Å². The molecule has 1 aliphatic rings. The number of rotatable bonds is 6. The van der Waals surface area contributed by atoms with Crippen LogP contribution in [0.5, 0.6) is 0 Å². The lowest BCUT2D eigenvalue weighted by Gasteiger charge is -2.34. The van der Waals surface area contributed by atoms with Crippen molar-refractivity contribution in [2.24, 2.45) is 0 Å². The second-order valence-corrected chi connectivity index (χ2v) is 8.36. The molecule has 0 aliphatic carbocycles. The topological polar surface area (TPSA) is 60.9 Å². The van der Waals surface area contributed by atoms with Gasteiger partial charge >= 0.3 is 0 Å². The van der Waals surface area contributed by atoms with E-state index in [1.54, 1.807) is 28.6 Å². The Morgan fingerprint density at radius 1 is 0.840 bits per heavy atom. The van der Waals surface area contributed by atoms with E-state index in [1.807, 2.05) is 18.2 Å². The minimum absolute atomic E-state index is 0.0144. The molecule has 0 spiro atoms. The fourth-order valence-corrected chi connectivity index (χ4v) is 4.63. The molecule has 0 aromatic heterocycles. The van der Waals surface area contributed by atoms with Crippen LogP contribution in [0, 0.1) is 0 Å². The van der Waals surface area contributed by atoms with Crippen molar-refractivity contribution in [1.29, 1.82) is 0 Å². The largest absolute Gasteiger partial charge is 0.392 e. The number of sulfonamides is 1. The quantitative estimate of drug-likeness (QED) is 0.854. The van der Waals surface area contributed by atoms with Crippen LogP contribution in [0.25, 0.3) is 0 Å². The molecule has 134 valence electrons. The molecule has 0 atom stereocenters. The molecule has 2 aromatic rings. The van der Waals surface area contributed by atoms with Gasteiger partial charge < -0.3 is 5.11 Å². The Kier molecular flexibility index (Phi) is 5.86. The predicted molar refractivity (Wildman–Crippen MR) is 98.3 cm³/mol. The Balaban J connectivity index is 1.57. The molecule has 5 nitrogen and oxygen atoms in total. The van der Waals surface area contributed by atoms with E-state index in [-0.39, 0.29) is 12.4 Å². The summed E-state index contributed by atoms with van der Waals surface area (Å²) in [4.78, 5) is 2.29. The molecule has 1 N–H and O–H groups in total. The van der Waals surface area contributed by atoms with Crippen LogP contribution in [0.2, 0.25) is 0 Å². The van der Waals surface area contributed by atoms with Crippen LogP contribution in [-0.2, 0) is 28.9 Å². The second-order valence-electron chi connectivity index (χ2n) is 6.40. The lowest BCUT2D eigenvalue weighted by Crippen LogP contribution is -2.48. The van der Waals surface area contributed by atoms with Crippen LogP contribution in [0.15, 0.2) is 54.6 Å². The van der Waals surface area contributed by atoms with Crippen LogP contribution in [0.1, 0.15) is 16.7 Å². The Morgan fingerprint density at radius 2 is 1.48 bits per heavy atom. The van der Waals surface area contributed by atoms with E-state index >= 15 is 0 Å². The zero-order valence-electron chi connectivity index (χ0n) is 14.2. The molecule has 0 radical (unpaired) electrons. The summed E-state index contributed by atoms with van der Waals surface area (Å²) >= 11 is 0. The maximum absolute atomic E-state index is 12.7. The first-order valence-corrected chi connectivity index (χ1v) is 10.1. The number of aliphatic hydroxyl groups is 1. The summed E-state index contributed by atoms with van der Waals surface area (Å²) in [5.41, 5.74) is 2.71. The van der Waals surface area contributed by atoms with Gasteiger partial charge in [0, 0.05) is 32.7 Å². The number of nitrogens with zero attached hydrogens (tertiary/aromatic N) is 2. The average molecular weight is 360 g/mol. The molecule has 0 bridgehead atoms. The minimum Gasteiger partial charge on any atom is -0.392 e. The van der Waals surface area contributed by atoms with Gasteiger partial charge in [-0.2, -0.15) is 4.31 Å². The summed E-state index contributed by atoms with van der Waals surface area (Å²) in [5, 5.41) is 9.19. The summed E-state index contributed by atoms with van der Waals surface area (Å²) in [6.07, 6.45) is 0. The van der Waals surface area contributed by atoms with Crippen LogP contribution < -0.4 is 0 Å². The van der Waals surface area contributed by atoms with Gasteiger partial charge in [-0.3, -0.25) is 4.90 Å². The molecular formula is C19H24N2O3S. The lowest BCUT2D eigenvalue weighted by atomic mass is 10.1. The zero-order valence-corrected chi connectivity index (χ0v) is 15.0. The van der Waals surface area contributed by atoms with Crippen LogP contribution in [-0.4, -0.2) is 48.9 Å². The van der Waals surface area contributed by atoms with E-state index in [4.69, 9.17) is 0 Å². The van der Waals surface area contributed by atoms with Crippen molar-refractivity contribution in [2.75, 3.05) is 26.2 Å². The summed E-state index contributed by atoms with van der Waals surface area (Å²) in [6, 6.07) is 17.4. The number of hydrogen-bond donors (Lipinski definition) is 1. The highest BCUT2D eigenvalue weighted by Gasteiger charge is 2.27. The summed E-state index contributed by atoms with van der Waals surface area (Å²) in [7, 11) is -3.33. The maximum atomic E-state index is 12.7. The molecule has 3 rings (SSSR count). The van der Waals surface area contributed by atoms with E-state index < -0.39 is 10.0 Å². The van der Waals surface area contributed by atoms with Gasteiger partial charge in [-0.25, -0.2) is 8.42 Å². The van der Waals surface area contributed by atoms with Crippen molar-refractivity contribution in [3.8, 4) is 0 Å². The summed E-state index contributed by atoms with van der Waals surface area (Å²) in [6.45, 7) is 3.30. The van der Waals surface area contributed by atoms with Crippen molar-refractivity contribution in [3.05, 3.63) is 71.3 Å². The smallest absolute Gasteiger partial charge is 0.218 e. The van der Waals surface area contributed by atoms with Crippen molar-refractivity contribution in [3.63, 3.8) is 0 Å². The van der Waals surface area contributed by atoms with Crippen LogP contribution in [0.3, 0.4) is 0 Å². The van der Waals surface area contributed by atoms with Gasteiger partial charge in [0.05, 0.1) is 12.4 Å². The predicted octanol–water partition coefficient (Wildman–Crippen LogP) is 1.83. The molecule has 1 saturated heterocycles. The minimum atomic E-state index is -3.33. The first-order chi connectivity index (χ1) is 12.1. The van der Waals surface area contributed by atoms with Crippen molar-refractivity contribution < 1.29 is 13.5 Å². The fourth-order valence-electron chi connectivity index (χ4n) is 3.13. The molecule has 1 aliphatic heterocycles. The summed E-state index contributed by atoms with van der Waals surface area (Å²) < 4.78 is 26.9. The standard InChI is InChI=1S/C19H24N2O3S/c22-15-18-7-4-8-19(13-18)16-25(23,24)21-11-9-20(10-12-21)14-17-5-2-1-3-6-17/h1-8,13,22H,9-12,14-16H2. The monoisotopic (exact) mass is 360 g/mol. The van der Waals surface area contributed by atoms with Gasteiger partial charge in [-0.05, 0) is 16.7 Å². The molecule has 1 heterocycles. The maximum Gasteiger partial charge on any atom is 0.218 e. The van der Waals surface area contributed by atoms with Gasteiger partial charge in [0.2, 0.25) is 10.0 Å². The van der Waals surface area contributed by atoms with E-state index in [0.717, 1.165) is 30.8 Å². The third kappa shape index (κ3) is 4.89. The van der Waals surface area contributed by atoms with E-state index in [0.29, 0.717) is 13.1 Å². The molecule has 0 unspecified atom stereocenters. The van der Waals surface area contributed by atoms with E-state index in [2.05, 4.69) is 17.0 Å². The lowest BCUT2D eigenvalue weighted by molar-refractivity contribution is 0.181. The molecule has 6 heteroatoms. The van der Waals surface area contributed by atoms with Gasteiger partial charge in [0.15, 0.2) is 0 Å². The zero-order chi connectivity index (χ0) is 17.7. The SMILES string of the molecule is O=S(=O)(Cc1cccc(CO)c1)N1CCN(Cc2ccccc2)CC1. The molecule has 1 fully saturated rings.